The molecule has 1 unspecified atom stereocenters. The molecule has 1 aromatic heterocycles. The van der Waals surface area contributed by atoms with Crippen LogP contribution in [-0.2, 0) is 16.0 Å². The van der Waals surface area contributed by atoms with Crippen LogP contribution in [0.3, 0.4) is 0 Å². The Morgan fingerprint density at radius 1 is 1.32 bits per heavy atom. The number of halogens is 3. The monoisotopic (exact) mass is 443 g/mol. The zero-order chi connectivity index (χ0) is 22.9. The number of aliphatic carboxylic acids is 1. The Kier molecular flexibility index (Phi) is 8.86. The third-order valence-electron chi connectivity index (χ3n) is 4.54. The Hall–Kier alpha value is -3.08. The Morgan fingerprint density at radius 2 is 2.00 bits per heavy atom. The van der Waals surface area contributed by atoms with E-state index >= 15 is 0 Å². The van der Waals surface area contributed by atoms with Gasteiger partial charge in [0, 0.05) is 19.7 Å². The molecule has 11 heteroatoms. The van der Waals surface area contributed by atoms with Gasteiger partial charge in [-0.2, -0.15) is 13.2 Å². The molecule has 0 spiro atoms. The predicted octanol–water partition coefficient (Wildman–Crippen LogP) is 2.92. The van der Waals surface area contributed by atoms with Gasteiger partial charge in [0.05, 0.1) is 25.7 Å². The van der Waals surface area contributed by atoms with Crippen LogP contribution in [-0.4, -0.2) is 70.9 Å². The highest BCUT2D eigenvalue weighted by Gasteiger charge is 2.38. The second-order valence-corrected chi connectivity index (χ2v) is 6.75. The first-order valence-corrected chi connectivity index (χ1v) is 9.53. The number of methoxy groups -OCH3 is 1. The summed E-state index contributed by atoms with van der Waals surface area (Å²) >= 11 is 0. The highest BCUT2D eigenvalue weighted by atomic mass is 19.4. The van der Waals surface area contributed by atoms with Crippen molar-refractivity contribution in [3.05, 3.63) is 48.0 Å². The van der Waals surface area contributed by atoms with Gasteiger partial charge in [0.15, 0.2) is 0 Å². The number of carbonyl (C=O) groups excluding carboxylic acids is 1. The predicted molar refractivity (Wildman–Crippen MR) is 104 cm³/mol. The van der Waals surface area contributed by atoms with Crippen molar-refractivity contribution in [1.82, 2.24) is 14.9 Å². The summed E-state index contributed by atoms with van der Waals surface area (Å²) in [6.07, 6.45) is 1.01. The number of amides is 1. The summed E-state index contributed by atoms with van der Waals surface area (Å²) in [5, 5.41) is 7.12. The molecule has 1 aliphatic heterocycles. The van der Waals surface area contributed by atoms with Crippen LogP contribution >= 0.6 is 0 Å². The summed E-state index contributed by atoms with van der Waals surface area (Å²) in [5.74, 6) is -1.95. The normalized spacial score (nSPS) is 15.7. The van der Waals surface area contributed by atoms with Gasteiger partial charge in [0.2, 0.25) is 0 Å². The fourth-order valence-corrected chi connectivity index (χ4v) is 2.91. The zero-order valence-corrected chi connectivity index (χ0v) is 16.9. The number of carboxylic acid groups (broad SMARTS) is 1. The highest BCUT2D eigenvalue weighted by molar-refractivity contribution is 5.92. The number of nitrogens with one attached hydrogen (secondary N) is 1. The molecule has 1 aromatic carbocycles. The van der Waals surface area contributed by atoms with E-state index in [1.54, 1.807) is 13.3 Å². The number of benzene rings is 1. The fourth-order valence-electron chi connectivity index (χ4n) is 2.91. The summed E-state index contributed by atoms with van der Waals surface area (Å²) in [6.45, 7) is 2.05. The molecule has 0 aliphatic carbocycles. The van der Waals surface area contributed by atoms with E-state index in [9.17, 15) is 18.0 Å². The van der Waals surface area contributed by atoms with Crippen LogP contribution in [0.2, 0.25) is 0 Å². The lowest BCUT2D eigenvalue weighted by Crippen LogP contribution is -2.39. The number of alkyl halides is 3. The van der Waals surface area contributed by atoms with Gasteiger partial charge >= 0.3 is 12.1 Å². The first-order chi connectivity index (χ1) is 14.7. The molecule has 1 amide bonds. The molecule has 1 saturated heterocycles. The van der Waals surface area contributed by atoms with Crippen molar-refractivity contribution in [2.45, 2.75) is 31.5 Å². The van der Waals surface area contributed by atoms with Gasteiger partial charge in [0.25, 0.3) is 5.91 Å². The number of carboxylic acids is 1. The lowest BCUT2D eigenvalue weighted by Gasteiger charge is -2.25. The van der Waals surface area contributed by atoms with E-state index in [-0.39, 0.29) is 12.0 Å². The number of rotatable bonds is 7. The van der Waals surface area contributed by atoms with Crippen LogP contribution in [0.1, 0.15) is 28.9 Å². The topological polar surface area (TPSA) is 105 Å². The zero-order valence-electron chi connectivity index (χ0n) is 16.9. The Balaban J connectivity index is 0.000000423. The van der Waals surface area contributed by atoms with Crippen LogP contribution in [0.4, 0.5) is 13.2 Å². The van der Waals surface area contributed by atoms with Crippen LogP contribution in [0, 0.1) is 0 Å². The van der Waals surface area contributed by atoms with Gasteiger partial charge in [-0.05, 0) is 37.0 Å². The first-order valence-electron chi connectivity index (χ1n) is 9.53. The molecular formula is C20H24F3N3O5. The average Bonchev–Trinajstić information content (AvgIpc) is 3.45. The number of ether oxygens (including phenoxy) is 2. The van der Waals surface area contributed by atoms with Crippen molar-refractivity contribution in [2.24, 2.45) is 0 Å². The minimum atomic E-state index is -5.08. The Bertz CT molecular complexity index is 820. The molecule has 31 heavy (non-hydrogen) atoms. The van der Waals surface area contributed by atoms with Crippen molar-refractivity contribution in [3.8, 4) is 5.75 Å². The molecule has 2 N–H and O–H groups in total. The first kappa shape index (κ1) is 24.2. The van der Waals surface area contributed by atoms with Crippen molar-refractivity contribution in [2.75, 3.05) is 26.8 Å². The number of carbonyl (C=O) groups is 2. The SMILES string of the molecule is COc1ccc(CCN(CC2CCCO2)C(=O)c2cnc[nH]2)cc1.O=C(O)C(F)(F)F. The van der Waals surface area contributed by atoms with E-state index in [2.05, 4.69) is 9.97 Å². The van der Waals surface area contributed by atoms with Crippen LogP contribution < -0.4 is 4.74 Å². The number of aromatic nitrogens is 2. The van der Waals surface area contributed by atoms with E-state index < -0.39 is 12.1 Å². The van der Waals surface area contributed by atoms with Gasteiger partial charge in [-0.25, -0.2) is 9.78 Å². The maximum Gasteiger partial charge on any atom is 0.490 e. The molecule has 0 saturated carbocycles. The maximum atomic E-state index is 12.7. The second-order valence-electron chi connectivity index (χ2n) is 6.75. The molecule has 1 aliphatic rings. The number of hydrogen-bond acceptors (Lipinski definition) is 5. The van der Waals surface area contributed by atoms with Crippen LogP contribution in [0.25, 0.3) is 0 Å². The molecule has 1 fully saturated rings. The number of H-pyrrole nitrogens is 1. The third kappa shape index (κ3) is 7.93. The standard InChI is InChI=1S/C18H23N3O3.C2HF3O2/c1-23-15-6-4-14(5-7-15)8-9-21(12-16-3-2-10-24-16)18(22)17-11-19-13-20-17;3-2(4,5)1(6)7/h4-7,11,13,16H,2-3,8-10,12H2,1H3,(H,19,20);(H,6,7). The van der Waals surface area contributed by atoms with Gasteiger partial charge < -0.3 is 24.5 Å². The quantitative estimate of drug-likeness (QED) is 0.682. The number of nitrogens with zero attached hydrogens (tertiary/aromatic N) is 2. The molecule has 2 heterocycles. The van der Waals surface area contributed by atoms with Crippen molar-refractivity contribution in [3.63, 3.8) is 0 Å². The average molecular weight is 443 g/mol. The number of aromatic amines is 1. The Morgan fingerprint density at radius 3 is 2.48 bits per heavy atom. The fraction of sp³-hybridized carbons (Fsp3) is 0.450. The summed E-state index contributed by atoms with van der Waals surface area (Å²) < 4.78 is 42.6. The molecular weight excluding hydrogens is 419 g/mol. The van der Waals surface area contributed by atoms with E-state index in [4.69, 9.17) is 19.4 Å². The maximum absolute atomic E-state index is 12.7. The van der Waals surface area contributed by atoms with Gasteiger partial charge in [0.1, 0.15) is 11.4 Å². The van der Waals surface area contributed by atoms with Gasteiger partial charge in [-0.15, -0.1) is 0 Å². The van der Waals surface area contributed by atoms with E-state index in [0.29, 0.717) is 18.8 Å². The van der Waals surface area contributed by atoms with Crippen LogP contribution in [0.15, 0.2) is 36.8 Å². The summed E-state index contributed by atoms with van der Waals surface area (Å²) in [4.78, 5) is 30.3. The Labute approximate surface area is 177 Å². The summed E-state index contributed by atoms with van der Waals surface area (Å²) in [7, 11) is 1.65. The van der Waals surface area contributed by atoms with Crippen molar-refractivity contribution >= 4 is 11.9 Å². The molecule has 0 radical (unpaired) electrons. The van der Waals surface area contributed by atoms with E-state index in [1.165, 1.54) is 11.9 Å². The minimum absolute atomic E-state index is 0.0310. The smallest absolute Gasteiger partial charge is 0.490 e. The second kappa shape index (κ2) is 11.3. The lowest BCUT2D eigenvalue weighted by atomic mass is 10.1. The molecule has 1 atom stereocenters. The summed E-state index contributed by atoms with van der Waals surface area (Å²) in [6, 6.07) is 7.94. The minimum Gasteiger partial charge on any atom is -0.497 e. The lowest BCUT2D eigenvalue weighted by molar-refractivity contribution is -0.192. The third-order valence-corrected chi connectivity index (χ3v) is 4.54. The van der Waals surface area contributed by atoms with Crippen LogP contribution in [0.5, 0.6) is 5.75 Å². The molecule has 2 aromatic rings. The van der Waals surface area contributed by atoms with E-state index in [0.717, 1.165) is 31.6 Å². The van der Waals surface area contributed by atoms with Crippen molar-refractivity contribution in [1.29, 1.82) is 0 Å². The van der Waals surface area contributed by atoms with E-state index in [1.807, 2.05) is 29.2 Å². The molecule has 8 nitrogen and oxygen atoms in total. The number of hydrogen-bond donors (Lipinski definition) is 2. The molecule has 0 bridgehead atoms. The number of imidazole rings is 1. The summed E-state index contributed by atoms with van der Waals surface area (Å²) in [5.41, 5.74) is 1.69. The van der Waals surface area contributed by atoms with Crippen molar-refractivity contribution < 1.29 is 37.3 Å². The largest absolute Gasteiger partial charge is 0.497 e. The van der Waals surface area contributed by atoms with Gasteiger partial charge in [-0.1, -0.05) is 12.1 Å². The van der Waals surface area contributed by atoms with Gasteiger partial charge in [-0.3, -0.25) is 4.79 Å². The molecule has 170 valence electrons. The molecule has 3 rings (SSSR count). The highest BCUT2D eigenvalue weighted by Crippen LogP contribution is 2.16.